The van der Waals surface area contributed by atoms with E-state index in [1.54, 1.807) is 6.92 Å². The SMILES string of the molecule is CC(=O)CC[C@@H]1/C(=C\O)[C@H](C(C)C)CC[C@H]1C. The molecule has 0 aromatic rings. The van der Waals surface area contributed by atoms with Gasteiger partial charge in [-0.25, -0.2) is 0 Å². The molecule has 3 atom stereocenters. The Morgan fingerprint density at radius 3 is 2.59 bits per heavy atom. The lowest BCUT2D eigenvalue weighted by molar-refractivity contribution is -0.117. The summed E-state index contributed by atoms with van der Waals surface area (Å²) in [5.41, 5.74) is 1.18. The molecule has 1 saturated carbocycles. The molecular weight excluding hydrogens is 212 g/mol. The van der Waals surface area contributed by atoms with Gasteiger partial charge >= 0.3 is 0 Å². The van der Waals surface area contributed by atoms with Crippen molar-refractivity contribution < 1.29 is 9.90 Å². The molecule has 0 radical (unpaired) electrons. The minimum Gasteiger partial charge on any atom is -0.516 e. The minimum absolute atomic E-state index is 0.251. The molecule has 0 heterocycles. The van der Waals surface area contributed by atoms with Gasteiger partial charge in [0.1, 0.15) is 5.78 Å². The molecular formula is C15H26O2. The number of aliphatic hydroxyl groups excluding tert-OH is 1. The van der Waals surface area contributed by atoms with E-state index in [1.807, 2.05) is 0 Å². The topological polar surface area (TPSA) is 37.3 Å². The molecule has 1 aliphatic carbocycles. The van der Waals surface area contributed by atoms with Crippen LogP contribution < -0.4 is 0 Å². The van der Waals surface area contributed by atoms with Gasteiger partial charge in [0.15, 0.2) is 0 Å². The number of aliphatic hydroxyl groups is 1. The van der Waals surface area contributed by atoms with Crippen molar-refractivity contribution in [3.63, 3.8) is 0 Å². The maximum Gasteiger partial charge on any atom is 0.129 e. The number of ketones is 1. The fraction of sp³-hybridized carbons (Fsp3) is 0.800. The first kappa shape index (κ1) is 14.3. The predicted molar refractivity (Wildman–Crippen MR) is 70.8 cm³/mol. The summed E-state index contributed by atoms with van der Waals surface area (Å²) < 4.78 is 0. The summed E-state index contributed by atoms with van der Waals surface area (Å²) >= 11 is 0. The molecule has 0 unspecified atom stereocenters. The summed E-state index contributed by atoms with van der Waals surface area (Å²) in [6, 6.07) is 0. The largest absolute Gasteiger partial charge is 0.516 e. The molecule has 2 heteroatoms. The fourth-order valence-corrected chi connectivity index (χ4v) is 3.13. The molecule has 1 fully saturated rings. The average molecular weight is 238 g/mol. The summed E-state index contributed by atoms with van der Waals surface area (Å²) in [5, 5.41) is 9.52. The normalized spacial score (nSPS) is 32.1. The molecule has 2 nitrogen and oxygen atoms in total. The Labute approximate surface area is 105 Å². The van der Waals surface area contributed by atoms with Gasteiger partial charge in [0.2, 0.25) is 0 Å². The number of rotatable bonds is 4. The van der Waals surface area contributed by atoms with Gasteiger partial charge in [-0.05, 0) is 55.4 Å². The molecule has 1 rings (SSSR count). The van der Waals surface area contributed by atoms with Crippen LogP contribution in [0.4, 0.5) is 0 Å². The Morgan fingerprint density at radius 2 is 2.12 bits per heavy atom. The highest BCUT2D eigenvalue weighted by atomic mass is 16.2. The van der Waals surface area contributed by atoms with Crippen LogP contribution in [0.25, 0.3) is 0 Å². The molecule has 0 aromatic heterocycles. The van der Waals surface area contributed by atoms with Crippen LogP contribution in [0.3, 0.4) is 0 Å². The van der Waals surface area contributed by atoms with Gasteiger partial charge in [-0.2, -0.15) is 0 Å². The van der Waals surface area contributed by atoms with Gasteiger partial charge in [0.05, 0.1) is 6.26 Å². The van der Waals surface area contributed by atoms with E-state index in [0.29, 0.717) is 30.1 Å². The van der Waals surface area contributed by atoms with Crippen molar-refractivity contribution in [3.05, 3.63) is 11.8 Å². The van der Waals surface area contributed by atoms with Gasteiger partial charge < -0.3 is 9.90 Å². The van der Waals surface area contributed by atoms with Crippen LogP contribution in [0.1, 0.15) is 53.4 Å². The monoisotopic (exact) mass is 238 g/mol. The summed E-state index contributed by atoms with van der Waals surface area (Å²) in [6.45, 7) is 8.32. The Kier molecular flexibility index (Phi) is 5.23. The molecule has 0 amide bonds. The highest BCUT2D eigenvalue weighted by Gasteiger charge is 2.33. The number of Topliss-reactive ketones (excluding diaryl/α,β-unsaturated/α-hetero) is 1. The van der Waals surface area contributed by atoms with E-state index in [2.05, 4.69) is 20.8 Å². The number of hydrogen-bond donors (Lipinski definition) is 1. The van der Waals surface area contributed by atoms with Crippen molar-refractivity contribution >= 4 is 5.78 Å². The van der Waals surface area contributed by atoms with Crippen LogP contribution in [0.2, 0.25) is 0 Å². The lowest BCUT2D eigenvalue weighted by Gasteiger charge is -2.38. The van der Waals surface area contributed by atoms with Crippen LogP contribution in [0, 0.1) is 23.7 Å². The molecule has 0 saturated heterocycles. The number of carbonyl (C=O) groups is 1. The Balaban J connectivity index is 2.78. The summed E-state index contributed by atoms with van der Waals surface area (Å²) in [5.74, 6) is 2.29. The minimum atomic E-state index is 0.251. The molecule has 0 bridgehead atoms. The van der Waals surface area contributed by atoms with Crippen LogP contribution >= 0.6 is 0 Å². The first-order valence-electron chi connectivity index (χ1n) is 6.81. The van der Waals surface area contributed by atoms with E-state index >= 15 is 0 Å². The molecule has 1 aliphatic rings. The fourth-order valence-electron chi connectivity index (χ4n) is 3.13. The van der Waals surface area contributed by atoms with E-state index in [4.69, 9.17) is 0 Å². The van der Waals surface area contributed by atoms with Gasteiger partial charge in [0.25, 0.3) is 0 Å². The summed E-state index contributed by atoms with van der Waals surface area (Å²) in [4.78, 5) is 11.1. The second-order valence-corrected chi connectivity index (χ2v) is 5.88. The van der Waals surface area contributed by atoms with Gasteiger partial charge in [-0.15, -0.1) is 0 Å². The van der Waals surface area contributed by atoms with Crippen LogP contribution in [-0.2, 0) is 4.79 Å². The number of hydrogen-bond acceptors (Lipinski definition) is 2. The Morgan fingerprint density at radius 1 is 1.47 bits per heavy atom. The lowest BCUT2D eigenvalue weighted by atomic mass is 9.66. The van der Waals surface area contributed by atoms with Crippen LogP contribution in [0.5, 0.6) is 0 Å². The quantitative estimate of drug-likeness (QED) is 0.748. The zero-order chi connectivity index (χ0) is 13.0. The number of carbonyl (C=O) groups excluding carboxylic acids is 1. The van der Waals surface area contributed by atoms with E-state index in [-0.39, 0.29) is 5.78 Å². The van der Waals surface area contributed by atoms with Crippen LogP contribution in [0.15, 0.2) is 11.8 Å². The van der Waals surface area contributed by atoms with Crippen LogP contribution in [-0.4, -0.2) is 10.9 Å². The maximum atomic E-state index is 11.1. The third-order valence-corrected chi connectivity index (χ3v) is 4.24. The zero-order valence-corrected chi connectivity index (χ0v) is 11.6. The molecule has 0 aromatic carbocycles. The number of allylic oxidation sites excluding steroid dienone is 1. The zero-order valence-electron chi connectivity index (χ0n) is 11.6. The second kappa shape index (κ2) is 6.23. The smallest absolute Gasteiger partial charge is 0.129 e. The standard InChI is InChI=1S/C15H26O2/c1-10(2)13-7-5-11(3)14(15(13)9-16)8-6-12(4)17/h9-11,13-14,16H,5-8H2,1-4H3/b15-9-/t11-,13+,14+/m1/s1. The lowest BCUT2D eigenvalue weighted by Crippen LogP contribution is -2.29. The molecule has 1 N–H and O–H groups in total. The molecule has 98 valence electrons. The first-order chi connectivity index (χ1) is 7.97. The third kappa shape index (κ3) is 3.58. The maximum absolute atomic E-state index is 11.1. The Hall–Kier alpha value is -0.790. The average Bonchev–Trinajstić information content (AvgIpc) is 2.26. The second-order valence-electron chi connectivity index (χ2n) is 5.88. The van der Waals surface area contributed by atoms with Gasteiger partial charge in [-0.1, -0.05) is 20.8 Å². The van der Waals surface area contributed by atoms with E-state index in [0.717, 1.165) is 6.42 Å². The predicted octanol–water partition coefficient (Wildman–Crippen LogP) is 4.12. The van der Waals surface area contributed by atoms with Crippen molar-refractivity contribution in [1.29, 1.82) is 0 Å². The summed E-state index contributed by atoms with van der Waals surface area (Å²) in [7, 11) is 0. The highest BCUT2D eigenvalue weighted by Crippen LogP contribution is 2.43. The van der Waals surface area contributed by atoms with Crippen molar-refractivity contribution in [2.24, 2.45) is 23.7 Å². The van der Waals surface area contributed by atoms with E-state index < -0.39 is 0 Å². The van der Waals surface area contributed by atoms with E-state index in [1.165, 1.54) is 24.7 Å². The molecule has 17 heavy (non-hydrogen) atoms. The van der Waals surface area contributed by atoms with Crippen molar-refractivity contribution in [1.82, 2.24) is 0 Å². The van der Waals surface area contributed by atoms with Gasteiger partial charge in [-0.3, -0.25) is 0 Å². The van der Waals surface area contributed by atoms with Crippen molar-refractivity contribution in [2.45, 2.75) is 53.4 Å². The molecule has 0 aliphatic heterocycles. The van der Waals surface area contributed by atoms with E-state index in [9.17, 15) is 9.90 Å². The van der Waals surface area contributed by atoms with Gasteiger partial charge in [0, 0.05) is 6.42 Å². The Bertz CT molecular complexity index is 291. The first-order valence-corrected chi connectivity index (χ1v) is 6.81. The molecule has 0 spiro atoms. The van der Waals surface area contributed by atoms with Crippen molar-refractivity contribution in [3.8, 4) is 0 Å². The summed E-state index contributed by atoms with van der Waals surface area (Å²) in [6.07, 6.45) is 5.24. The third-order valence-electron chi connectivity index (χ3n) is 4.24. The highest BCUT2D eigenvalue weighted by molar-refractivity contribution is 5.75. The van der Waals surface area contributed by atoms with Crippen molar-refractivity contribution in [2.75, 3.05) is 0 Å².